The zero-order chi connectivity index (χ0) is 22.8. The van der Waals surface area contributed by atoms with Gasteiger partial charge in [-0.15, -0.1) is 0 Å². The number of rotatable bonds is 3. The molecule has 0 aromatic carbocycles. The Balaban J connectivity index is 1.79. The highest BCUT2D eigenvalue weighted by atomic mass is 16.6. The van der Waals surface area contributed by atoms with Gasteiger partial charge in [0, 0.05) is 30.5 Å². The number of nitrogens with zero attached hydrogens (tertiary/aromatic N) is 1. The largest absolute Gasteiger partial charge is 0.481 e. The van der Waals surface area contributed by atoms with Crippen LogP contribution in [0.2, 0.25) is 0 Å². The van der Waals surface area contributed by atoms with Gasteiger partial charge in [-0.25, -0.2) is 0 Å². The van der Waals surface area contributed by atoms with E-state index in [-0.39, 0.29) is 23.4 Å². The summed E-state index contributed by atoms with van der Waals surface area (Å²) < 4.78 is 6.88. The van der Waals surface area contributed by atoms with Crippen LogP contribution in [0.3, 0.4) is 0 Å². The number of carboxylic acids is 1. The molecule has 6 heteroatoms. The summed E-state index contributed by atoms with van der Waals surface area (Å²) in [6.07, 6.45) is 14.2. The van der Waals surface area contributed by atoms with Gasteiger partial charge < -0.3 is 15.2 Å². The maximum absolute atomic E-state index is 13.5. The standard InChI is InChI=1S/C25H44N2O4/c1-22(2)18-24(19-23(3,4)27(22)17-14-20(28)29)21(30)26-25(31-24)15-12-10-8-6-5-7-9-11-13-16-25/h5-19H2,1-4H3,(H,26,30)(H,28,29). The first kappa shape index (κ1) is 24.5. The molecule has 0 aromatic heterocycles. The molecular formula is C25H44N2O4. The fraction of sp³-hybridized carbons (Fsp3) is 0.920. The van der Waals surface area contributed by atoms with Crippen molar-refractivity contribution in [3.63, 3.8) is 0 Å². The van der Waals surface area contributed by atoms with Crippen LogP contribution in [0.1, 0.15) is 118 Å². The van der Waals surface area contributed by atoms with E-state index in [0.29, 0.717) is 19.4 Å². The zero-order valence-electron chi connectivity index (χ0n) is 20.2. The second-order valence-corrected chi connectivity index (χ2v) is 11.5. The lowest BCUT2D eigenvalue weighted by Gasteiger charge is -2.57. The highest BCUT2D eigenvalue weighted by Crippen LogP contribution is 2.50. The Hall–Kier alpha value is -1.14. The number of piperidine rings is 1. The number of carbonyl (C=O) groups is 2. The highest BCUT2D eigenvalue weighted by Gasteiger charge is 2.62. The molecule has 0 bridgehead atoms. The minimum atomic E-state index is -0.830. The molecule has 3 fully saturated rings. The lowest BCUT2D eigenvalue weighted by Crippen LogP contribution is -2.67. The number of ether oxygens (including phenoxy) is 1. The average Bonchev–Trinajstić information content (AvgIpc) is 2.87. The van der Waals surface area contributed by atoms with E-state index in [0.717, 1.165) is 25.7 Å². The molecule has 2 N–H and O–H groups in total. The summed E-state index contributed by atoms with van der Waals surface area (Å²) in [6, 6.07) is 0. The summed E-state index contributed by atoms with van der Waals surface area (Å²) in [6.45, 7) is 8.98. The molecule has 2 spiro atoms. The third kappa shape index (κ3) is 5.62. The first-order valence-corrected chi connectivity index (χ1v) is 12.5. The Labute approximate surface area is 188 Å². The fourth-order valence-corrected chi connectivity index (χ4v) is 6.69. The molecule has 0 aromatic rings. The van der Waals surface area contributed by atoms with Crippen molar-refractivity contribution in [3.05, 3.63) is 0 Å². The molecule has 3 aliphatic rings. The van der Waals surface area contributed by atoms with Crippen molar-refractivity contribution in [2.45, 2.75) is 140 Å². The van der Waals surface area contributed by atoms with Crippen molar-refractivity contribution in [1.29, 1.82) is 0 Å². The van der Waals surface area contributed by atoms with Crippen LogP contribution >= 0.6 is 0 Å². The van der Waals surface area contributed by atoms with Gasteiger partial charge in [0.15, 0.2) is 5.60 Å². The van der Waals surface area contributed by atoms with Crippen LogP contribution in [-0.2, 0) is 14.3 Å². The smallest absolute Gasteiger partial charge is 0.304 e. The first-order chi connectivity index (χ1) is 14.5. The molecule has 178 valence electrons. The number of hydrogen-bond acceptors (Lipinski definition) is 4. The quantitative estimate of drug-likeness (QED) is 0.651. The molecule has 0 radical (unpaired) electrons. The predicted octanol–water partition coefficient (Wildman–Crippen LogP) is 5.00. The van der Waals surface area contributed by atoms with E-state index in [4.69, 9.17) is 4.74 Å². The molecule has 3 rings (SSSR count). The van der Waals surface area contributed by atoms with E-state index < -0.39 is 17.3 Å². The van der Waals surface area contributed by atoms with Crippen molar-refractivity contribution < 1.29 is 19.4 Å². The molecule has 2 heterocycles. The SMILES string of the molecule is CC1(C)CC2(CC(C)(C)N1CCC(=O)O)OC1(CCCCCCCCCCC1)NC2=O. The van der Waals surface area contributed by atoms with Gasteiger partial charge in [0.25, 0.3) is 5.91 Å². The van der Waals surface area contributed by atoms with E-state index in [9.17, 15) is 14.7 Å². The molecular weight excluding hydrogens is 392 g/mol. The number of nitrogens with one attached hydrogen (secondary N) is 1. The van der Waals surface area contributed by atoms with Gasteiger partial charge in [-0.3, -0.25) is 14.5 Å². The summed E-state index contributed by atoms with van der Waals surface area (Å²) in [4.78, 5) is 27.0. The molecule has 1 saturated carbocycles. The molecule has 31 heavy (non-hydrogen) atoms. The summed E-state index contributed by atoms with van der Waals surface area (Å²) in [7, 11) is 0. The summed E-state index contributed by atoms with van der Waals surface area (Å²) in [5, 5.41) is 12.6. The van der Waals surface area contributed by atoms with E-state index in [1.165, 1.54) is 44.9 Å². The number of aliphatic carboxylic acids is 1. The summed E-state index contributed by atoms with van der Waals surface area (Å²) in [5.74, 6) is -0.743. The molecule has 2 saturated heterocycles. The van der Waals surface area contributed by atoms with Crippen LogP contribution in [0, 0.1) is 0 Å². The Bertz CT molecular complexity index is 628. The van der Waals surface area contributed by atoms with Crippen molar-refractivity contribution in [2.75, 3.05) is 6.54 Å². The summed E-state index contributed by atoms with van der Waals surface area (Å²) >= 11 is 0. The molecule has 0 atom stereocenters. The Morgan fingerprint density at radius 1 is 0.903 bits per heavy atom. The molecule has 1 aliphatic carbocycles. The maximum atomic E-state index is 13.5. The second-order valence-electron chi connectivity index (χ2n) is 11.5. The van der Waals surface area contributed by atoms with Gasteiger partial charge in [0.1, 0.15) is 5.72 Å². The van der Waals surface area contributed by atoms with E-state index >= 15 is 0 Å². The number of carboxylic acid groups (broad SMARTS) is 1. The van der Waals surface area contributed by atoms with E-state index in [2.05, 4.69) is 37.9 Å². The Kier molecular flexibility index (Phi) is 7.42. The molecule has 0 unspecified atom stereocenters. The van der Waals surface area contributed by atoms with Gasteiger partial charge in [0.05, 0.1) is 6.42 Å². The highest BCUT2D eigenvalue weighted by molar-refractivity contribution is 5.88. The van der Waals surface area contributed by atoms with Crippen LogP contribution in [-0.4, -0.2) is 50.8 Å². The third-order valence-electron chi connectivity index (χ3n) is 7.75. The lowest BCUT2D eigenvalue weighted by atomic mass is 9.70. The van der Waals surface area contributed by atoms with Crippen LogP contribution in [0.5, 0.6) is 0 Å². The molecule has 1 amide bonds. The first-order valence-electron chi connectivity index (χ1n) is 12.5. The van der Waals surface area contributed by atoms with Gasteiger partial charge in [-0.2, -0.15) is 0 Å². The third-order valence-corrected chi connectivity index (χ3v) is 7.75. The van der Waals surface area contributed by atoms with Crippen molar-refractivity contribution in [1.82, 2.24) is 10.2 Å². The van der Waals surface area contributed by atoms with Crippen molar-refractivity contribution in [2.24, 2.45) is 0 Å². The van der Waals surface area contributed by atoms with Crippen LogP contribution in [0.25, 0.3) is 0 Å². The van der Waals surface area contributed by atoms with Gasteiger partial charge in [0.2, 0.25) is 0 Å². The summed E-state index contributed by atoms with van der Waals surface area (Å²) in [5.41, 5.74) is -2.02. The van der Waals surface area contributed by atoms with Gasteiger partial charge >= 0.3 is 5.97 Å². The Morgan fingerprint density at radius 3 is 1.81 bits per heavy atom. The average molecular weight is 437 g/mol. The molecule has 6 nitrogen and oxygen atoms in total. The number of amides is 1. The minimum Gasteiger partial charge on any atom is -0.481 e. The van der Waals surface area contributed by atoms with Gasteiger partial charge in [-0.1, -0.05) is 44.9 Å². The number of carbonyl (C=O) groups excluding carboxylic acids is 1. The normalized spacial score (nSPS) is 28.6. The van der Waals surface area contributed by atoms with E-state index in [1.54, 1.807) is 0 Å². The maximum Gasteiger partial charge on any atom is 0.304 e. The van der Waals surface area contributed by atoms with Crippen LogP contribution in [0.15, 0.2) is 0 Å². The number of likely N-dealkylation sites (tertiary alicyclic amines) is 1. The Morgan fingerprint density at radius 2 is 1.35 bits per heavy atom. The topological polar surface area (TPSA) is 78.9 Å². The van der Waals surface area contributed by atoms with E-state index in [1.807, 2.05) is 0 Å². The molecule has 2 aliphatic heterocycles. The van der Waals surface area contributed by atoms with Crippen LogP contribution < -0.4 is 5.32 Å². The minimum absolute atomic E-state index is 0.0404. The monoisotopic (exact) mass is 436 g/mol. The fourth-order valence-electron chi connectivity index (χ4n) is 6.69. The zero-order valence-corrected chi connectivity index (χ0v) is 20.2. The predicted molar refractivity (Wildman–Crippen MR) is 122 cm³/mol. The van der Waals surface area contributed by atoms with Gasteiger partial charge in [-0.05, 0) is 53.4 Å². The van der Waals surface area contributed by atoms with Crippen molar-refractivity contribution >= 4 is 11.9 Å². The van der Waals surface area contributed by atoms with Crippen LogP contribution in [0.4, 0.5) is 0 Å². The lowest BCUT2D eigenvalue weighted by molar-refractivity contribution is -0.191. The second kappa shape index (κ2) is 9.38. The number of hydrogen-bond donors (Lipinski definition) is 2. The van der Waals surface area contributed by atoms with Crippen molar-refractivity contribution in [3.8, 4) is 0 Å².